The van der Waals surface area contributed by atoms with E-state index in [0.717, 1.165) is 4.90 Å². The molecular weight excluding hydrogens is 306 g/mol. The highest BCUT2D eigenvalue weighted by molar-refractivity contribution is 6.08. The summed E-state index contributed by atoms with van der Waals surface area (Å²) in [5.74, 6) is -3.50. The van der Waals surface area contributed by atoms with Gasteiger partial charge in [-0.2, -0.15) is 0 Å². The number of imide groups is 2. The lowest BCUT2D eigenvalue weighted by atomic mass is 9.85. The van der Waals surface area contributed by atoms with Crippen LogP contribution in [0.1, 0.15) is 19.8 Å². The Bertz CT molecular complexity index is 573. The topological polar surface area (TPSA) is 136 Å². The van der Waals surface area contributed by atoms with Gasteiger partial charge in [0.15, 0.2) is 6.61 Å². The Labute approximate surface area is 131 Å². The van der Waals surface area contributed by atoms with Crippen LogP contribution in [0.4, 0.5) is 4.79 Å². The molecule has 1 aliphatic carbocycles. The van der Waals surface area contributed by atoms with E-state index in [1.54, 1.807) is 5.32 Å². The summed E-state index contributed by atoms with van der Waals surface area (Å²) in [5, 5.41) is 1.73. The maximum absolute atomic E-state index is 12.3. The van der Waals surface area contributed by atoms with Gasteiger partial charge in [-0.25, -0.2) is 9.59 Å². The summed E-state index contributed by atoms with van der Waals surface area (Å²) in [7, 11) is 0. The Kier molecular flexibility index (Phi) is 4.77. The Morgan fingerprint density at radius 2 is 1.78 bits per heavy atom. The smallest absolute Gasteiger partial charge is 0.329 e. The second-order valence-electron chi connectivity index (χ2n) is 5.40. The molecule has 0 aromatic heterocycles. The van der Waals surface area contributed by atoms with E-state index >= 15 is 0 Å². The summed E-state index contributed by atoms with van der Waals surface area (Å²) in [4.78, 5) is 59.1. The van der Waals surface area contributed by atoms with E-state index in [2.05, 4.69) is 0 Å². The molecule has 23 heavy (non-hydrogen) atoms. The van der Waals surface area contributed by atoms with E-state index in [1.165, 1.54) is 6.92 Å². The molecule has 0 radical (unpaired) electrons. The van der Waals surface area contributed by atoms with Crippen LogP contribution < -0.4 is 11.1 Å². The number of allylic oxidation sites excluding steroid dienone is 2. The third-order valence-corrected chi connectivity index (χ3v) is 3.88. The van der Waals surface area contributed by atoms with Crippen molar-refractivity contribution in [3.63, 3.8) is 0 Å². The van der Waals surface area contributed by atoms with Crippen LogP contribution in [0.25, 0.3) is 0 Å². The molecule has 2 rings (SSSR count). The van der Waals surface area contributed by atoms with Gasteiger partial charge in [-0.05, 0) is 19.8 Å². The predicted octanol–water partition coefficient (Wildman–Crippen LogP) is -0.936. The van der Waals surface area contributed by atoms with Crippen molar-refractivity contribution in [1.29, 1.82) is 0 Å². The summed E-state index contributed by atoms with van der Waals surface area (Å²) >= 11 is 0. The quantitative estimate of drug-likeness (QED) is 0.389. The SMILES string of the molecule is C[C@@H](C(=O)OCC(=O)NC(N)=O)N1C(=O)[C@H]2CC=CC[C@@H]2C1=O. The number of carbonyl (C=O) groups excluding carboxylic acids is 5. The second-order valence-corrected chi connectivity index (χ2v) is 5.40. The van der Waals surface area contributed by atoms with Crippen molar-refractivity contribution in [2.75, 3.05) is 6.61 Å². The van der Waals surface area contributed by atoms with Gasteiger partial charge in [0.1, 0.15) is 6.04 Å². The van der Waals surface area contributed by atoms with Crippen LogP contribution in [0.15, 0.2) is 12.2 Å². The molecule has 124 valence electrons. The van der Waals surface area contributed by atoms with E-state index in [9.17, 15) is 24.0 Å². The van der Waals surface area contributed by atoms with Crippen molar-refractivity contribution in [2.24, 2.45) is 17.6 Å². The van der Waals surface area contributed by atoms with Crippen LogP contribution in [0, 0.1) is 11.8 Å². The summed E-state index contributed by atoms with van der Waals surface area (Å²) in [6.45, 7) is 0.631. The molecule has 3 N–H and O–H groups in total. The molecule has 2 aliphatic rings. The fraction of sp³-hybridized carbons (Fsp3) is 0.500. The molecule has 0 bridgehead atoms. The molecule has 3 atom stereocenters. The van der Waals surface area contributed by atoms with Crippen LogP contribution >= 0.6 is 0 Å². The van der Waals surface area contributed by atoms with Gasteiger partial charge in [0.2, 0.25) is 11.8 Å². The molecule has 0 saturated carbocycles. The number of urea groups is 1. The van der Waals surface area contributed by atoms with Gasteiger partial charge in [0.25, 0.3) is 5.91 Å². The minimum absolute atomic E-state index is 0.407. The van der Waals surface area contributed by atoms with Crippen molar-refractivity contribution in [3.8, 4) is 0 Å². The fourth-order valence-corrected chi connectivity index (χ4v) is 2.74. The number of carbonyl (C=O) groups is 5. The van der Waals surface area contributed by atoms with Crippen LogP contribution in [0.2, 0.25) is 0 Å². The first kappa shape index (κ1) is 16.7. The van der Waals surface area contributed by atoms with Crippen molar-refractivity contribution in [1.82, 2.24) is 10.2 Å². The van der Waals surface area contributed by atoms with Crippen LogP contribution in [0.5, 0.6) is 0 Å². The third-order valence-electron chi connectivity index (χ3n) is 3.88. The zero-order valence-corrected chi connectivity index (χ0v) is 12.5. The first-order valence-electron chi connectivity index (χ1n) is 7.10. The number of hydrogen-bond acceptors (Lipinski definition) is 6. The molecule has 0 aromatic rings. The number of esters is 1. The number of amides is 5. The molecule has 1 fully saturated rings. The van der Waals surface area contributed by atoms with E-state index in [1.807, 2.05) is 12.2 Å². The number of ether oxygens (including phenoxy) is 1. The largest absolute Gasteiger partial charge is 0.454 e. The second kappa shape index (κ2) is 6.59. The van der Waals surface area contributed by atoms with Gasteiger partial charge in [0, 0.05) is 0 Å². The Hall–Kier alpha value is -2.71. The average molecular weight is 323 g/mol. The van der Waals surface area contributed by atoms with Crippen molar-refractivity contribution >= 4 is 29.7 Å². The lowest BCUT2D eigenvalue weighted by Crippen LogP contribution is -2.45. The van der Waals surface area contributed by atoms with Crippen molar-refractivity contribution in [3.05, 3.63) is 12.2 Å². The van der Waals surface area contributed by atoms with Crippen molar-refractivity contribution < 1.29 is 28.7 Å². The highest BCUT2D eigenvalue weighted by Gasteiger charge is 2.50. The van der Waals surface area contributed by atoms with Gasteiger partial charge < -0.3 is 10.5 Å². The number of nitrogens with two attached hydrogens (primary N) is 1. The molecule has 0 aromatic carbocycles. The minimum Gasteiger partial charge on any atom is -0.454 e. The molecule has 9 nitrogen and oxygen atoms in total. The molecule has 5 amide bonds. The number of fused-ring (bicyclic) bond motifs is 1. The fourth-order valence-electron chi connectivity index (χ4n) is 2.74. The number of hydrogen-bond donors (Lipinski definition) is 2. The normalized spacial score (nSPS) is 24.1. The zero-order chi connectivity index (χ0) is 17.1. The first-order chi connectivity index (χ1) is 10.8. The van der Waals surface area contributed by atoms with E-state index < -0.39 is 54.2 Å². The Balaban J connectivity index is 1.97. The average Bonchev–Trinajstić information content (AvgIpc) is 2.75. The lowest BCUT2D eigenvalue weighted by Gasteiger charge is -2.21. The van der Waals surface area contributed by atoms with Crippen LogP contribution in [0.3, 0.4) is 0 Å². The highest BCUT2D eigenvalue weighted by Crippen LogP contribution is 2.36. The molecular formula is C14H17N3O6. The first-order valence-corrected chi connectivity index (χ1v) is 7.10. The standard InChI is InChI=1S/C14H17N3O6/c1-7(13(21)23-6-10(18)16-14(15)22)17-11(19)8-4-2-3-5-9(8)12(17)20/h2-3,7-9H,4-6H2,1H3,(H3,15,16,18,22)/t7-,8-,9-/m0/s1. The van der Waals surface area contributed by atoms with E-state index in [4.69, 9.17) is 10.5 Å². The number of likely N-dealkylation sites (tertiary alicyclic amines) is 1. The molecule has 9 heteroatoms. The number of nitrogens with zero attached hydrogens (tertiary/aromatic N) is 1. The Morgan fingerprint density at radius 1 is 1.26 bits per heavy atom. The van der Waals surface area contributed by atoms with Crippen LogP contribution in [-0.2, 0) is 23.9 Å². The van der Waals surface area contributed by atoms with Gasteiger partial charge >= 0.3 is 12.0 Å². The molecule has 1 saturated heterocycles. The van der Waals surface area contributed by atoms with E-state index in [0.29, 0.717) is 12.8 Å². The van der Waals surface area contributed by atoms with Crippen molar-refractivity contribution in [2.45, 2.75) is 25.8 Å². The predicted molar refractivity (Wildman–Crippen MR) is 75.4 cm³/mol. The van der Waals surface area contributed by atoms with E-state index in [-0.39, 0.29) is 0 Å². The minimum atomic E-state index is -1.14. The summed E-state index contributed by atoms with van der Waals surface area (Å²) in [6.07, 6.45) is 4.61. The Morgan fingerprint density at radius 3 is 2.26 bits per heavy atom. The van der Waals surface area contributed by atoms with Gasteiger partial charge in [-0.3, -0.25) is 24.6 Å². The van der Waals surface area contributed by atoms with Gasteiger partial charge in [-0.1, -0.05) is 12.2 Å². The maximum Gasteiger partial charge on any atom is 0.329 e. The number of rotatable bonds is 4. The molecule has 1 heterocycles. The zero-order valence-electron chi connectivity index (χ0n) is 12.5. The number of primary amides is 1. The third kappa shape index (κ3) is 3.38. The lowest BCUT2D eigenvalue weighted by molar-refractivity contribution is -0.159. The summed E-state index contributed by atoms with van der Waals surface area (Å²) in [6, 6.07) is -2.21. The van der Waals surface area contributed by atoms with Gasteiger partial charge in [-0.15, -0.1) is 0 Å². The van der Waals surface area contributed by atoms with Gasteiger partial charge in [0.05, 0.1) is 11.8 Å². The maximum atomic E-state index is 12.3. The molecule has 0 unspecified atom stereocenters. The highest BCUT2D eigenvalue weighted by atomic mass is 16.5. The monoisotopic (exact) mass is 323 g/mol. The summed E-state index contributed by atoms with van der Waals surface area (Å²) < 4.78 is 4.71. The van der Waals surface area contributed by atoms with Crippen LogP contribution in [-0.4, -0.2) is 47.3 Å². The molecule has 0 spiro atoms. The number of nitrogens with one attached hydrogen (secondary N) is 1. The molecule has 1 aliphatic heterocycles. The summed E-state index contributed by atoms with van der Waals surface area (Å²) in [5.41, 5.74) is 4.75.